The Morgan fingerprint density at radius 2 is 1.75 bits per heavy atom. The summed E-state index contributed by atoms with van der Waals surface area (Å²) in [5, 5.41) is 0. The highest BCUT2D eigenvalue weighted by atomic mass is 15.2. The molecule has 0 aromatic heterocycles. The first kappa shape index (κ1) is 9.41. The summed E-state index contributed by atoms with van der Waals surface area (Å²) in [4.78, 5) is 2.41. The summed E-state index contributed by atoms with van der Waals surface area (Å²) in [7, 11) is 0. The molecule has 1 fully saturated rings. The molecule has 1 aliphatic rings. The molecule has 0 aromatic rings. The van der Waals surface area contributed by atoms with Gasteiger partial charge in [-0.25, -0.2) is 0 Å². The maximum atomic E-state index is 5.23. The van der Waals surface area contributed by atoms with Crippen molar-refractivity contribution in [2.24, 2.45) is 5.73 Å². The van der Waals surface area contributed by atoms with Gasteiger partial charge < -0.3 is 5.73 Å². The number of nitrogens with two attached hydrogens (primary N) is 1. The lowest BCUT2D eigenvalue weighted by Crippen LogP contribution is -2.45. The van der Waals surface area contributed by atoms with E-state index in [4.69, 9.17) is 5.73 Å². The SMILES string of the molecule is CC(C)(C#CN)N1CCCCC1. The van der Waals surface area contributed by atoms with E-state index in [1.807, 2.05) is 0 Å². The Kier molecular flexibility index (Phi) is 2.99. The molecule has 12 heavy (non-hydrogen) atoms. The Morgan fingerprint density at radius 3 is 2.25 bits per heavy atom. The fourth-order valence-electron chi connectivity index (χ4n) is 1.71. The molecule has 1 heterocycles. The van der Waals surface area contributed by atoms with Crippen molar-refractivity contribution in [2.75, 3.05) is 13.1 Å². The van der Waals surface area contributed by atoms with Crippen molar-refractivity contribution in [1.82, 2.24) is 4.90 Å². The Morgan fingerprint density at radius 1 is 1.17 bits per heavy atom. The van der Waals surface area contributed by atoms with E-state index in [-0.39, 0.29) is 5.54 Å². The van der Waals surface area contributed by atoms with Crippen LogP contribution in [-0.4, -0.2) is 23.5 Å². The fraction of sp³-hybridized carbons (Fsp3) is 0.800. The molecule has 0 radical (unpaired) electrons. The molecule has 68 valence electrons. The van der Waals surface area contributed by atoms with E-state index in [1.54, 1.807) is 0 Å². The van der Waals surface area contributed by atoms with Gasteiger partial charge in [0, 0.05) is 6.04 Å². The summed E-state index contributed by atoms with van der Waals surface area (Å²) in [6, 6.07) is 2.51. The summed E-state index contributed by atoms with van der Waals surface area (Å²) in [6.45, 7) is 6.61. The average molecular weight is 166 g/mol. The highest BCUT2D eigenvalue weighted by Gasteiger charge is 2.25. The van der Waals surface area contributed by atoms with E-state index < -0.39 is 0 Å². The monoisotopic (exact) mass is 166 g/mol. The summed E-state index contributed by atoms with van der Waals surface area (Å²) in [5.41, 5.74) is 5.20. The third-order valence-electron chi connectivity index (χ3n) is 2.52. The second kappa shape index (κ2) is 3.82. The first-order chi connectivity index (χ1) is 5.67. The van der Waals surface area contributed by atoms with Crippen LogP contribution in [-0.2, 0) is 0 Å². The number of hydrogen-bond donors (Lipinski definition) is 1. The maximum absolute atomic E-state index is 5.23. The lowest BCUT2D eigenvalue weighted by molar-refractivity contribution is 0.139. The minimum Gasteiger partial charge on any atom is -0.359 e. The third-order valence-corrected chi connectivity index (χ3v) is 2.52. The van der Waals surface area contributed by atoms with Gasteiger partial charge in [0.1, 0.15) is 0 Å². The summed E-state index contributed by atoms with van der Waals surface area (Å²) < 4.78 is 0. The van der Waals surface area contributed by atoms with Crippen LogP contribution in [0.4, 0.5) is 0 Å². The van der Waals surface area contributed by atoms with Crippen LogP contribution >= 0.6 is 0 Å². The van der Waals surface area contributed by atoms with Crippen molar-refractivity contribution in [1.29, 1.82) is 0 Å². The Bertz CT molecular complexity index is 192. The molecule has 0 atom stereocenters. The van der Waals surface area contributed by atoms with Gasteiger partial charge in [0.05, 0.1) is 5.54 Å². The summed E-state index contributed by atoms with van der Waals surface area (Å²) >= 11 is 0. The van der Waals surface area contributed by atoms with Gasteiger partial charge in [-0.15, -0.1) is 0 Å². The molecule has 1 saturated heterocycles. The molecule has 2 nitrogen and oxygen atoms in total. The Labute approximate surface area is 75.1 Å². The van der Waals surface area contributed by atoms with Gasteiger partial charge in [-0.2, -0.15) is 0 Å². The predicted molar refractivity (Wildman–Crippen MR) is 51.5 cm³/mol. The average Bonchev–Trinajstić information content (AvgIpc) is 2.06. The number of nitrogens with zero attached hydrogens (tertiary/aromatic N) is 1. The van der Waals surface area contributed by atoms with E-state index in [0.717, 1.165) is 0 Å². The second-order valence-corrected chi connectivity index (χ2v) is 3.88. The van der Waals surface area contributed by atoms with Crippen molar-refractivity contribution >= 4 is 0 Å². The zero-order chi connectivity index (χ0) is 9.03. The third kappa shape index (κ3) is 2.15. The predicted octanol–water partition coefficient (Wildman–Crippen LogP) is 1.17. The first-order valence-corrected chi connectivity index (χ1v) is 4.64. The van der Waals surface area contributed by atoms with Crippen molar-refractivity contribution in [2.45, 2.75) is 38.6 Å². The molecule has 2 heteroatoms. The van der Waals surface area contributed by atoms with Gasteiger partial charge in [0.2, 0.25) is 0 Å². The van der Waals surface area contributed by atoms with Crippen LogP contribution in [0.5, 0.6) is 0 Å². The first-order valence-electron chi connectivity index (χ1n) is 4.64. The zero-order valence-corrected chi connectivity index (χ0v) is 8.06. The van der Waals surface area contributed by atoms with Gasteiger partial charge in [-0.1, -0.05) is 12.3 Å². The molecule has 0 bridgehead atoms. The molecular weight excluding hydrogens is 148 g/mol. The van der Waals surface area contributed by atoms with Gasteiger partial charge in [0.15, 0.2) is 0 Å². The van der Waals surface area contributed by atoms with Gasteiger partial charge in [0.25, 0.3) is 0 Å². The molecule has 0 saturated carbocycles. The topological polar surface area (TPSA) is 29.3 Å². The normalized spacial score (nSPS) is 19.8. The maximum Gasteiger partial charge on any atom is 0.0787 e. The van der Waals surface area contributed by atoms with Gasteiger partial charge in [-0.3, -0.25) is 4.90 Å². The van der Waals surface area contributed by atoms with Crippen LogP contribution in [0.3, 0.4) is 0 Å². The number of piperidine rings is 1. The molecule has 1 rings (SSSR count). The minimum absolute atomic E-state index is 0.0326. The minimum atomic E-state index is -0.0326. The van der Waals surface area contributed by atoms with Crippen LogP contribution in [0.2, 0.25) is 0 Å². The van der Waals surface area contributed by atoms with Crippen LogP contribution in [0.15, 0.2) is 0 Å². The van der Waals surface area contributed by atoms with Crippen LogP contribution in [0, 0.1) is 12.0 Å². The molecule has 0 amide bonds. The van der Waals surface area contributed by atoms with E-state index in [0.29, 0.717) is 0 Å². The van der Waals surface area contributed by atoms with E-state index in [1.165, 1.54) is 32.4 Å². The molecule has 0 unspecified atom stereocenters. The highest BCUT2D eigenvalue weighted by Crippen LogP contribution is 2.19. The molecule has 1 aliphatic heterocycles. The number of rotatable bonds is 1. The van der Waals surface area contributed by atoms with Crippen LogP contribution in [0.1, 0.15) is 33.1 Å². The van der Waals surface area contributed by atoms with Crippen molar-refractivity contribution in [3.63, 3.8) is 0 Å². The summed E-state index contributed by atoms with van der Waals surface area (Å²) in [5.74, 6) is 3.05. The zero-order valence-electron chi connectivity index (χ0n) is 8.06. The molecule has 0 spiro atoms. The van der Waals surface area contributed by atoms with Crippen LogP contribution < -0.4 is 5.73 Å². The Balaban J connectivity index is 2.57. The van der Waals surface area contributed by atoms with Gasteiger partial charge in [-0.05, 0) is 39.8 Å². The van der Waals surface area contributed by atoms with Crippen LogP contribution in [0.25, 0.3) is 0 Å². The quantitative estimate of drug-likeness (QED) is 0.468. The molecule has 0 aliphatic carbocycles. The number of hydrogen-bond acceptors (Lipinski definition) is 2. The lowest BCUT2D eigenvalue weighted by atomic mass is 10.00. The lowest BCUT2D eigenvalue weighted by Gasteiger charge is -2.37. The Hall–Kier alpha value is -0.680. The molecular formula is C10H18N2. The summed E-state index contributed by atoms with van der Waals surface area (Å²) in [6.07, 6.45) is 3.97. The largest absolute Gasteiger partial charge is 0.359 e. The number of likely N-dealkylation sites (tertiary alicyclic amines) is 1. The fourth-order valence-corrected chi connectivity index (χ4v) is 1.71. The van der Waals surface area contributed by atoms with E-state index in [2.05, 4.69) is 30.7 Å². The molecule has 0 aromatic carbocycles. The van der Waals surface area contributed by atoms with Crippen molar-refractivity contribution in [3.05, 3.63) is 0 Å². The van der Waals surface area contributed by atoms with Crippen molar-refractivity contribution < 1.29 is 0 Å². The van der Waals surface area contributed by atoms with E-state index in [9.17, 15) is 0 Å². The smallest absolute Gasteiger partial charge is 0.0787 e. The second-order valence-electron chi connectivity index (χ2n) is 3.88. The standard InChI is InChI=1S/C10H18N2/c1-10(2,6-7-11)12-8-4-3-5-9-12/h3-5,8-9,11H2,1-2H3. The molecule has 2 N–H and O–H groups in total. The van der Waals surface area contributed by atoms with Gasteiger partial charge >= 0.3 is 0 Å². The van der Waals surface area contributed by atoms with E-state index >= 15 is 0 Å². The van der Waals surface area contributed by atoms with Crippen molar-refractivity contribution in [3.8, 4) is 12.0 Å². The highest BCUT2D eigenvalue weighted by molar-refractivity contribution is 5.13.